The molecule has 1 amide bonds. The number of carbonyl (C=O) groups is 2. The van der Waals surface area contributed by atoms with Gasteiger partial charge in [-0.2, -0.15) is 9.97 Å². The zero-order valence-electron chi connectivity index (χ0n) is 26.5. The second kappa shape index (κ2) is 14.8. The van der Waals surface area contributed by atoms with Gasteiger partial charge in [0.2, 0.25) is 5.95 Å². The molecule has 2 fully saturated rings. The van der Waals surface area contributed by atoms with E-state index in [0.29, 0.717) is 30.8 Å². The van der Waals surface area contributed by atoms with Crippen molar-refractivity contribution >= 4 is 40.7 Å². The van der Waals surface area contributed by atoms with Crippen LogP contribution in [-0.4, -0.2) is 79.5 Å². The van der Waals surface area contributed by atoms with E-state index in [1.54, 1.807) is 20.8 Å². The molecule has 1 atom stereocenters. The van der Waals surface area contributed by atoms with Crippen LogP contribution in [0.3, 0.4) is 0 Å². The van der Waals surface area contributed by atoms with Crippen molar-refractivity contribution in [1.29, 1.82) is 0 Å². The average Bonchev–Trinajstić information content (AvgIpc) is 3.44. The number of aliphatic carboxylic acids is 1. The number of ether oxygens (including phenoxy) is 3. The van der Waals surface area contributed by atoms with E-state index >= 15 is 0 Å². The Kier molecular flexibility index (Phi) is 10.6. The van der Waals surface area contributed by atoms with E-state index in [0.717, 1.165) is 61.4 Å². The van der Waals surface area contributed by atoms with Crippen LogP contribution >= 0.6 is 0 Å². The van der Waals surface area contributed by atoms with Crippen molar-refractivity contribution in [3.05, 3.63) is 30.6 Å². The molecule has 45 heavy (non-hydrogen) atoms. The molecule has 1 saturated heterocycles. The van der Waals surface area contributed by atoms with E-state index in [1.807, 2.05) is 35.2 Å². The van der Waals surface area contributed by atoms with Gasteiger partial charge in [0, 0.05) is 24.9 Å². The average molecular weight is 624 g/mol. The Morgan fingerprint density at radius 3 is 2.51 bits per heavy atom. The Balaban J connectivity index is 1.23. The van der Waals surface area contributed by atoms with Gasteiger partial charge in [0.25, 0.3) is 0 Å². The van der Waals surface area contributed by atoms with Gasteiger partial charge in [0.05, 0.1) is 12.9 Å². The van der Waals surface area contributed by atoms with Crippen molar-refractivity contribution in [3.63, 3.8) is 0 Å². The summed E-state index contributed by atoms with van der Waals surface area (Å²) in [4.78, 5) is 39.2. The Hall–Kier alpha value is -4.13. The van der Waals surface area contributed by atoms with E-state index in [2.05, 4.69) is 10.6 Å². The molecule has 244 valence electrons. The SMILES string of the molecule is CC(C)(C)OC(=O)N(CCCOc1ccc(Nc2nc(NC3CCCCC3)c3ncn(C4CCCCO4)c3n2)cc1)CC(=O)O. The van der Waals surface area contributed by atoms with Crippen LogP contribution < -0.4 is 15.4 Å². The maximum absolute atomic E-state index is 12.4. The third kappa shape index (κ3) is 9.19. The number of nitrogens with one attached hydrogen (secondary N) is 2. The first-order chi connectivity index (χ1) is 21.6. The van der Waals surface area contributed by atoms with Gasteiger partial charge < -0.3 is 30.0 Å². The highest BCUT2D eigenvalue weighted by Gasteiger charge is 2.25. The van der Waals surface area contributed by atoms with E-state index in [-0.39, 0.29) is 12.8 Å². The number of nitrogens with zero attached hydrogens (tertiary/aromatic N) is 5. The number of benzene rings is 1. The number of hydrogen-bond acceptors (Lipinski definition) is 10. The lowest BCUT2D eigenvalue weighted by atomic mass is 9.95. The number of rotatable bonds is 12. The number of aromatic nitrogens is 4. The number of hydrogen-bond donors (Lipinski definition) is 3. The van der Waals surface area contributed by atoms with Crippen LogP contribution in [0.1, 0.15) is 84.8 Å². The molecule has 1 unspecified atom stereocenters. The van der Waals surface area contributed by atoms with Gasteiger partial charge in [-0.1, -0.05) is 19.3 Å². The molecule has 1 aromatic carbocycles. The first kappa shape index (κ1) is 32.3. The molecule has 2 aromatic heterocycles. The Morgan fingerprint density at radius 2 is 1.82 bits per heavy atom. The quantitative estimate of drug-likeness (QED) is 0.200. The number of amides is 1. The zero-order chi connectivity index (χ0) is 31.8. The highest BCUT2D eigenvalue weighted by Crippen LogP contribution is 2.31. The summed E-state index contributed by atoms with van der Waals surface area (Å²) in [5.74, 6) is 0.739. The Bertz CT molecular complexity index is 1430. The third-order valence-electron chi connectivity index (χ3n) is 7.76. The van der Waals surface area contributed by atoms with Gasteiger partial charge in [0.15, 0.2) is 17.0 Å². The monoisotopic (exact) mass is 623 g/mol. The smallest absolute Gasteiger partial charge is 0.410 e. The second-order valence-corrected chi connectivity index (χ2v) is 12.7. The largest absolute Gasteiger partial charge is 0.494 e. The molecule has 13 heteroatoms. The minimum atomic E-state index is -1.10. The van der Waals surface area contributed by atoms with Gasteiger partial charge in [-0.15, -0.1) is 0 Å². The summed E-state index contributed by atoms with van der Waals surface area (Å²) in [5.41, 5.74) is 1.57. The number of carbonyl (C=O) groups excluding carboxylic acids is 1. The Labute approximate surface area is 263 Å². The number of carboxylic acid groups (broad SMARTS) is 1. The molecule has 5 rings (SSSR count). The fourth-order valence-corrected chi connectivity index (χ4v) is 5.60. The predicted octanol–water partition coefficient (Wildman–Crippen LogP) is 6.10. The molecule has 0 radical (unpaired) electrons. The van der Waals surface area contributed by atoms with Gasteiger partial charge in [-0.05, 0) is 83.6 Å². The molecule has 3 aromatic rings. The summed E-state index contributed by atoms with van der Waals surface area (Å²) in [7, 11) is 0. The second-order valence-electron chi connectivity index (χ2n) is 12.7. The summed E-state index contributed by atoms with van der Waals surface area (Å²) in [6.07, 6.45) is 10.5. The first-order valence-electron chi connectivity index (χ1n) is 16.0. The zero-order valence-corrected chi connectivity index (χ0v) is 26.5. The van der Waals surface area contributed by atoms with Crippen molar-refractivity contribution in [1.82, 2.24) is 24.4 Å². The molecule has 3 N–H and O–H groups in total. The maximum atomic E-state index is 12.4. The maximum Gasteiger partial charge on any atom is 0.410 e. The molecule has 3 heterocycles. The molecule has 2 aliphatic rings. The van der Waals surface area contributed by atoms with Gasteiger partial charge in [-0.25, -0.2) is 9.78 Å². The van der Waals surface area contributed by atoms with Crippen molar-refractivity contribution in [2.24, 2.45) is 0 Å². The number of carboxylic acids is 1. The predicted molar refractivity (Wildman–Crippen MR) is 170 cm³/mol. The molecule has 1 saturated carbocycles. The summed E-state index contributed by atoms with van der Waals surface area (Å²) >= 11 is 0. The van der Waals surface area contributed by atoms with Crippen LogP contribution in [0.4, 0.5) is 22.2 Å². The van der Waals surface area contributed by atoms with Crippen LogP contribution in [0.25, 0.3) is 11.2 Å². The number of fused-ring (bicyclic) bond motifs is 1. The van der Waals surface area contributed by atoms with Gasteiger partial charge >= 0.3 is 12.1 Å². The van der Waals surface area contributed by atoms with E-state index in [1.165, 1.54) is 24.2 Å². The summed E-state index contributed by atoms with van der Waals surface area (Å²) in [6, 6.07) is 7.81. The molecular weight excluding hydrogens is 578 g/mol. The summed E-state index contributed by atoms with van der Waals surface area (Å²) in [6.45, 7) is 6.01. The minimum Gasteiger partial charge on any atom is -0.494 e. The lowest BCUT2D eigenvalue weighted by Crippen LogP contribution is -2.40. The molecule has 13 nitrogen and oxygen atoms in total. The third-order valence-corrected chi connectivity index (χ3v) is 7.76. The van der Waals surface area contributed by atoms with E-state index in [9.17, 15) is 14.7 Å². The summed E-state index contributed by atoms with van der Waals surface area (Å²) < 4.78 is 19.3. The number of anilines is 3. The van der Waals surface area contributed by atoms with Crippen molar-refractivity contribution in [3.8, 4) is 5.75 Å². The highest BCUT2D eigenvalue weighted by atomic mass is 16.6. The Morgan fingerprint density at radius 1 is 1.07 bits per heavy atom. The van der Waals surface area contributed by atoms with Gasteiger partial charge in [0.1, 0.15) is 24.1 Å². The van der Waals surface area contributed by atoms with Crippen LogP contribution in [0.15, 0.2) is 30.6 Å². The van der Waals surface area contributed by atoms with E-state index < -0.39 is 24.2 Å². The molecule has 0 bridgehead atoms. The molecule has 1 aliphatic carbocycles. The van der Waals surface area contributed by atoms with Crippen molar-refractivity contribution < 1.29 is 28.9 Å². The summed E-state index contributed by atoms with van der Waals surface area (Å²) in [5, 5.41) is 16.2. The van der Waals surface area contributed by atoms with Crippen LogP contribution in [0.5, 0.6) is 5.75 Å². The molecule has 1 aliphatic heterocycles. The van der Waals surface area contributed by atoms with Crippen LogP contribution in [0, 0.1) is 0 Å². The molecule has 0 spiro atoms. The fourth-order valence-electron chi connectivity index (χ4n) is 5.60. The van der Waals surface area contributed by atoms with Crippen LogP contribution in [-0.2, 0) is 14.3 Å². The van der Waals surface area contributed by atoms with Crippen LogP contribution in [0.2, 0.25) is 0 Å². The van der Waals surface area contributed by atoms with Crippen molar-refractivity contribution in [2.45, 2.75) is 96.4 Å². The lowest BCUT2D eigenvalue weighted by Gasteiger charge is -2.26. The highest BCUT2D eigenvalue weighted by molar-refractivity contribution is 5.85. The molecular formula is C32H45N7O6. The first-order valence-corrected chi connectivity index (χ1v) is 16.0. The van der Waals surface area contributed by atoms with Crippen molar-refractivity contribution in [2.75, 3.05) is 36.9 Å². The number of imidazole rings is 1. The topological polar surface area (TPSA) is 153 Å². The standard InChI is InChI=1S/C32H45N7O6/c1-32(2,3)45-31(42)38(20-26(40)41)17-9-19-43-24-15-13-23(14-16-24)35-30-36-28(34-22-10-5-4-6-11-22)27-29(37-30)39(21-33-27)25-12-7-8-18-44-25/h13-16,21-22,25H,4-12,17-20H2,1-3H3,(H,40,41)(H2,34,35,36,37). The normalized spacial score (nSPS) is 17.5. The fraction of sp³-hybridized carbons (Fsp3) is 0.594. The van der Waals surface area contributed by atoms with Gasteiger partial charge in [-0.3, -0.25) is 14.3 Å². The minimum absolute atomic E-state index is 0.0918. The lowest BCUT2D eigenvalue weighted by molar-refractivity contribution is -0.138. The van der Waals surface area contributed by atoms with E-state index in [4.69, 9.17) is 29.2 Å².